The van der Waals surface area contributed by atoms with Crippen LogP contribution in [0.25, 0.3) is 0 Å². The molecule has 16 atom stereocenters. The van der Waals surface area contributed by atoms with E-state index in [4.69, 9.17) is 29.4 Å². The number of aliphatic hydroxyl groups is 5. The molecule has 4 aliphatic rings. The molecule has 21 nitrogen and oxygen atoms in total. The predicted octanol–water partition coefficient (Wildman–Crippen LogP) is -0.385. The van der Waals surface area contributed by atoms with Crippen LogP contribution in [0.3, 0.4) is 0 Å². The van der Waals surface area contributed by atoms with E-state index < -0.39 is 116 Å². The molecule has 21 heteroatoms. The quantitative estimate of drug-likeness (QED) is 0.0434. The summed E-state index contributed by atoms with van der Waals surface area (Å²) in [7, 11) is 0. The van der Waals surface area contributed by atoms with Gasteiger partial charge in [-0.1, -0.05) is 64.5 Å². The summed E-state index contributed by atoms with van der Waals surface area (Å²) < 4.78 is 31.1. The molecule has 2 aliphatic carbocycles. The number of carbonyl (C=O) groups is 5. The van der Waals surface area contributed by atoms with E-state index in [1.54, 1.807) is 0 Å². The van der Waals surface area contributed by atoms with Gasteiger partial charge < -0.3 is 81.3 Å². The summed E-state index contributed by atoms with van der Waals surface area (Å²) >= 11 is 0. The Labute approximate surface area is 393 Å². The molecule has 2 heterocycles. The highest BCUT2D eigenvalue weighted by molar-refractivity contribution is 5.83. The minimum atomic E-state index is -1.68. The van der Waals surface area contributed by atoms with Gasteiger partial charge in [-0.15, -0.1) is 0 Å². The van der Waals surface area contributed by atoms with Crippen LogP contribution in [0.5, 0.6) is 0 Å². The van der Waals surface area contributed by atoms with E-state index >= 15 is 0 Å². The maximum Gasteiger partial charge on any atom is 0.332 e. The lowest BCUT2D eigenvalue weighted by Gasteiger charge is -2.49. The van der Waals surface area contributed by atoms with E-state index in [1.807, 2.05) is 32.9 Å². The number of amides is 4. The van der Waals surface area contributed by atoms with Crippen LogP contribution in [0.15, 0.2) is 12.2 Å². The van der Waals surface area contributed by atoms with Crippen LogP contribution >= 0.6 is 0 Å². The van der Waals surface area contributed by atoms with Gasteiger partial charge in [-0.3, -0.25) is 19.2 Å². The van der Waals surface area contributed by atoms with Gasteiger partial charge in [0.1, 0.15) is 42.7 Å². The smallest absolute Gasteiger partial charge is 0.332 e. The van der Waals surface area contributed by atoms with Crippen molar-refractivity contribution >= 4 is 29.6 Å². The summed E-state index contributed by atoms with van der Waals surface area (Å²) in [6.07, 6.45) is -6.21. The Morgan fingerprint density at radius 3 is 2.09 bits per heavy atom. The number of hydrogen-bond donors (Lipinski definition) is 11. The molecule has 0 radical (unpaired) electrons. The normalized spacial score (nSPS) is 34.1. The third-order valence-electron chi connectivity index (χ3n) is 13.7. The third-order valence-corrected chi connectivity index (χ3v) is 13.7. The highest BCUT2D eigenvalue weighted by Gasteiger charge is 2.53. The zero-order valence-corrected chi connectivity index (χ0v) is 39.8. The second-order valence-corrected chi connectivity index (χ2v) is 18.7. The molecule has 0 aromatic heterocycles. The average Bonchev–Trinajstić information content (AvgIpc) is 3.30. The SMILES string of the molecule is C/C=C\C(N)(CC)CCNC(=O)CCC(=O)NCCNC(=O)C1CC(CC)C(O[C@@H]2OC(C)[C@H](O)C(O)C2O)[C@H](O[C@@H]2OC(CO)[C@H](O)C(O[C@@H](CC3CCCCC3)C(=O)O)C2NC(C)=O)C1. The van der Waals surface area contributed by atoms with Crippen molar-refractivity contribution in [3.63, 3.8) is 0 Å². The van der Waals surface area contributed by atoms with Crippen LogP contribution < -0.4 is 27.0 Å². The Morgan fingerprint density at radius 2 is 1.49 bits per heavy atom. The lowest BCUT2D eigenvalue weighted by molar-refractivity contribution is -0.338. The maximum absolute atomic E-state index is 13.9. The first-order chi connectivity index (χ1) is 31.8. The first-order valence-corrected chi connectivity index (χ1v) is 24.2. The fourth-order valence-corrected chi connectivity index (χ4v) is 9.66. The second-order valence-electron chi connectivity index (χ2n) is 18.7. The third kappa shape index (κ3) is 16.4. The van der Waals surface area contributed by atoms with E-state index in [-0.39, 0.29) is 68.8 Å². The van der Waals surface area contributed by atoms with Crippen LogP contribution in [-0.2, 0) is 47.7 Å². The van der Waals surface area contributed by atoms with Crippen LogP contribution in [0.1, 0.15) is 118 Å². The van der Waals surface area contributed by atoms with Gasteiger partial charge in [-0.2, -0.15) is 0 Å². The number of allylic oxidation sites excluding steroid dienone is 1. The molecule has 4 fully saturated rings. The Balaban J connectivity index is 1.49. The van der Waals surface area contributed by atoms with Gasteiger partial charge in [0.25, 0.3) is 0 Å². The Morgan fingerprint density at radius 1 is 0.836 bits per heavy atom. The van der Waals surface area contributed by atoms with E-state index in [1.165, 1.54) is 13.8 Å². The van der Waals surface area contributed by atoms with Crippen LogP contribution in [0, 0.1) is 17.8 Å². The fraction of sp³-hybridized carbons (Fsp3) is 0.848. The van der Waals surface area contributed by atoms with Crippen molar-refractivity contribution in [2.75, 3.05) is 26.2 Å². The van der Waals surface area contributed by atoms with Crippen LogP contribution in [0.2, 0.25) is 0 Å². The standard InChI is InChI=1S/C46H79N5O16/c1-6-16-46(47,8-3)17-18-48-33(54)14-15-34(55)49-19-20-50-42(60)29-22-28(7-2)40(67-45-39(59)38(58)36(56)25(4)63-45)30(23-29)65-44-35(51-26(5)53)41(37(57)32(24-52)66-44)64-31(43(61)62)21-27-12-10-9-11-13-27/h6,16,25,27-32,35-41,44-45,52,56-59H,7-15,17-24,47H2,1-5H3,(H,48,54)(H,49,55)(H,50,60)(H,51,53)(H,61,62)/b16-6-/t25?,28?,29?,30-,31+,32?,35?,36+,37+,38?,39?,40?,41?,44-,45+,46?/m1/s1. The van der Waals surface area contributed by atoms with Gasteiger partial charge >= 0.3 is 5.97 Å². The minimum absolute atomic E-state index is 0.0308. The predicted molar refractivity (Wildman–Crippen MR) is 240 cm³/mol. The number of carboxylic acids is 1. The maximum atomic E-state index is 13.9. The number of nitrogens with one attached hydrogen (secondary N) is 4. The monoisotopic (exact) mass is 958 g/mol. The Bertz CT molecular complexity index is 1620. The highest BCUT2D eigenvalue weighted by atomic mass is 16.7. The van der Waals surface area contributed by atoms with Crippen molar-refractivity contribution in [2.24, 2.45) is 23.5 Å². The van der Waals surface area contributed by atoms with Gasteiger partial charge in [-0.25, -0.2) is 4.79 Å². The van der Waals surface area contributed by atoms with Crippen molar-refractivity contribution < 1.29 is 78.3 Å². The molecule has 67 heavy (non-hydrogen) atoms. The van der Waals surface area contributed by atoms with Crippen molar-refractivity contribution in [1.29, 1.82) is 0 Å². The van der Waals surface area contributed by atoms with Gasteiger partial charge in [0.2, 0.25) is 23.6 Å². The van der Waals surface area contributed by atoms with Crippen molar-refractivity contribution in [3.8, 4) is 0 Å². The fourth-order valence-electron chi connectivity index (χ4n) is 9.66. The zero-order chi connectivity index (χ0) is 49.4. The van der Waals surface area contributed by atoms with Gasteiger partial charge in [0.15, 0.2) is 18.7 Å². The van der Waals surface area contributed by atoms with Gasteiger partial charge in [-0.05, 0) is 57.8 Å². The molecule has 4 amide bonds. The van der Waals surface area contributed by atoms with Crippen molar-refractivity contribution in [3.05, 3.63) is 12.2 Å². The summed E-state index contributed by atoms with van der Waals surface area (Å²) in [5.41, 5.74) is 5.80. The van der Waals surface area contributed by atoms with Crippen molar-refractivity contribution in [1.82, 2.24) is 21.3 Å². The molecule has 0 spiro atoms. The number of aliphatic carboxylic acids is 1. The largest absolute Gasteiger partial charge is 0.479 e. The number of nitrogens with two attached hydrogens (primary N) is 1. The summed E-state index contributed by atoms with van der Waals surface area (Å²) in [5.74, 6) is -4.05. The minimum Gasteiger partial charge on any atom is -0.479 e. The molecule has 4 rings (SSSR count). The molecule has 0 aromatic rings. The van der Waals surface area contributed by atoms with Crippen molar-refractivity contribution in [2.45, 2.75) is 203 Å². The van der Waals surface area contributed by atoms with E-state index in [0.717, 1.165) is 32.1 Å². The lowest BCUT2D eigenvalue weighted by atomic mass is 9.75. The summed E-state index contributed by atoms with van der Waals surface area (Å²) in [6, 6.07) is -1.34. The van der Waals surface area contributed by atoms with Crippen LogP contribution in [-0.4, -0.2) is 172 Å². The van der Waals surface area contributed by atoms with Gasteiger partial charge in [0.05, 0.1) is 24.9 Å². The number of ether oxygens (including phenoxy) is 5. The molecular weight excluding hydrogens is 879 g/mol. The summed E-state index contributed by atoms with van der Waals surface area (Å²) in [4.78, 5) is 64.2. The number of rotatable bonds is 24. The van der Waals surface area contributed by atoms with E-state index in [2.05, 4.69) is 21.3 Å². The highest BCUT2D eigenvalue weighted by Crippen LogP contribution is 2.40. The van der Waals surface area contributed by atoms with E-state index in [9.17, 15) is 54.6 Å². The zero-order valence-electron chi connectivity index (χ0n) is 39.8. The molecule has 2 saturated carbocycles. The van der Waals surface area contributed by atoms with Gasteiger partial charge in [0, 0.05) is 50.9 Å². The molecular formula is C46H79N5O16. The summed E-state index contributed by atoms with van der Waals surface area (Å²) in [5, 5.41) is 75.2. The molecule has 384 valence electrons. The topological polar surface area (TPSA) is 327 Å². The van der Waals surface area contributed by atoms with E-state index in [0.29, 0.717) is 25.8 Å². The second kappa shape index (κ2) is 27.2. The number of carboxylic acid groups (broad SMARTS) is 1. The molecule has 10 unspecified atom stereocenters. The Hall–Kier alpha value is -3.35. The molecule has 2 aliphatic heterocycles. The first-order valence-electron chi connectivity index (χ1n) is 24.2. The number of aliphatic hydroxyl groups excluding tert-OH is 5. The lowest BCUT2D eigenvalue weighted by Crippen LogP contribution is -2.67. The summed E-state index contributed by atoms with van der Waals surface area (Å²) in [6.45, 7) is 8.15. The average molecular weight is 958 g/mol. The number of hydrogen-bond acceptors (Lipinski definition) is 16. The molecule has 12 N–H and O–H groups in total. The first kappa shape index (κ1) is 56.2. The Kier molecular flexibility index (Phi) is 22.8. The number of carbonyl (C=O) groups excluding carboxylic acids is 4. The van der Waals surface area contributed by atoms with Crippen LogP contribution in [0.4, 0.5) is 0 Å². The molecule has 2 saturated heterocycles. The molecule has 0 bridgehead atoms. The molecule has 0 aromatic carbocycles.